The molecule has 6 N–H and O–H groups in total. The molecule has 18 nitrogen and oxygen atoms in total. The number of ketones is 1. The van der Waals surface area contributed by atoms with Gasteiger partial charge in [-0.3, -0.25) is 24.2 Å². The number of nitrogens with one attached hydrogen (secondary N) is 2. The molecule has 380 valence electrons. The van der Waals surface area contributed by atoms with Crippen LogP contribution in [-0.4, -0.2) is 144 Å². The molecule has 1 saturated heterocycles. The Hall–Kier alpha value is -5.84. The van der Waals surface area contributed by atoms with Gasteiger partial charge in [-0.05, 0) is 45.9 Å². The topological polar surface area (TPSA) is 241 Å². The van der Waals surface area contributed by atoms with Crippen molar-refractivity contribution in [3.05, 3.63) is 58.0 Å². The van der Waals surface area contributed by atoms with Crippen molar-refractivity contribution >= 4 is 40.0 Å². The quantitative estimate of drug-likeness (QED) is 0.0914. The Morgan fingerprint density at radius 1 is 1.01 bits per heavy atom. The van der Waals surface area contributed by atoms with Crippen molar-refractivity contribution in [3.63, 3.8) is 0 Å². The number of methoxy groups -OCH3 is 1. The van der Waals surface area contributed by atoms with Crippen LogP contribution in [0.15, 0.2) is 46.1 Å². The van der Waals surface area contributed by atoms with Crippen LogP contribution in [0.4, 0.5) is 5.69 Å². The fourth-order valence-electron chi connectivity index (χ4n) is 9.83. The number of carbonyl (C=O) groups is 4. The summed E-state index contributed by atoms with van der Waals surface area (Å²) in [6, 6.07) is 0. The van der Waals surface area contributed by atoms with Gasteiger partial charge in [0.1, 0.15) is 40.4 Å². The molecule has 0 saturated carbocycles. The number of ether oxygens (including phenoxy) is 4. The van der Waals surface area contributed by atoms with Gasteiger partial charge in [0.05, 0.1) is 41.2 Å². The predicted octanol–water partition coefficient (Wildman–Crippen LogP) is 3.41. The van der Waals surface area contributed by atoms with Gasteiger partial charge in [-0.25, -0.2) is 4.99 Å². The number of hydrogen-bond acceptors (Lipinski definition) is 16. The van der Waals surface area contributed by atoms with Crippen molar-refractivity contribution in [2.24, 2.45) is 39.6 Å². The van der Waals surface area contributed by atoms with Crippen LogP contribution < -0.4 is 26.1 Å². The second-order valence-electron chi connectivity index (χ2n) is 20.0. The van der Waals surface area contributed by atoms with Crippen LogP contribution in [0, 0.1) is 48.9 Å². The molecule has 2 aromatic carbocycles. The zero-order chi connectivity index (χ0) is 51.6. The lowest BCUT2D eigenvalue weighted by Gasteiger charge is -2.38. The van der Waals surface area contributed by atoms with E-state index in [2.05, 4.69) is 40.3 Å². The summed E-state index contributed by atoms with van der Waals surface area (Å²) in [6.07, 6.45) is 9.43. The summed E-state index contributed by atoms with van der Waals surface area (Å²) in [5, 5.41) is 53.5. The molecule has 0 aliphatic carbocycles. The maximum atomic E-state index is 15.0. The van der Waals surface area contributed by atoms with E-state index in [-0.39, 0.29) is 49.6 Å². The molecule has 9 atom stereocenters. The Kier molecular flexibility index (Phi) is 16.6. The molecule has 6 rings (SSSR count). The summed E-state index contributed by atoms with van der Waals surface area (Å²) in [4.78, 5) is 68.9. The number of aliphatic hydroxyl groups is 2. The third-order valence-corrected chi connectivity index (χ3v) is 14.0. The molecule has 4 aliphatic heterocycles. The molecule has 1 spiro atoms. The molecule has 2 aromatic rings. The smallest absolute Gasteiger partial charge is 0.383 e. The van der Waals surface area contributed by atoms with Gasteiger partial charge in [-0.1, -0.05) is 59.8 Å². The highest BCUT2D eigenvalue weighted by molar-refractivity contribution is 6.22. The number of phenols is 2. The van der Waals surface area contributed by atoms with Crippen LogP contribution in [0.2, 0.25) is 0 Å². The van der Waals surface area contributed by atoms with Crippen LogP contribution in [-0.2, 0) is 28.6 Å². The van der Waals surface area contributed by atoms with Crippen molar-refractivity contribution in [1.82, 2.24) is 15.1 Å². The van der Waals surface area contributed by atoms with Crippen molar-refractivity contribution < 1.29 is 58.6 Å². The van der Waals surface area contributed by atoms with Gasteiger partial charge in [0.15, 0.2) is 5.75 Å². The Balaban J connectivity index is 1.49. The number of aliphatic hydroxyl groups excluding tert-OH is 2. The number of nitrogens with zero attached hydrogens (tertiary/aromatic N) is 4. The van der Waals surface area contributed by atoms with Crippen LogP contribution >= 0.6 is 0 Å². The Morgan fingerprint density at radius 3 is 2.33 bits per heavy atom. The molecular weight excluding hydrogens is 901 g/mol. The summed E-state index contributed by atoms with van der Waals surface area (Å²) in [5.74, 6) is -6.75. The summed E-state index contributed by atoms with van der Waals surface area (Å²) >= 11 is 0. The first kappa shape index (κ1) is 53.5. The first-order valence-electron chi connectivity index (χ1n) is 24.0. The standard InChI is InChI=1S/C52H70N6O12/c1-13-52-49(65)39-37-38(45(63)33(9)48(39)70-52)46(64)42(41-40(37)55-51(56-41)18-21-58(22-19-51)26-27(2)3)54-50(66)29(5)16-14-15-28(4)43(61)31(7)44(62)32(8)47(30(6)34(67-12)17-24-68-52)69-36(60)25-35(59)53-20-23-57(10)11/h1,14-17,24,27-28,30-32,34,43-44,47,55,61-64H,18-23,25-26H2,2-12H3,(H,53,59)/b15-14+,24-17+,29-16-,54-42?/t28-,30+,31+,32+,34-,43-,44+,47+,52-/m0/s1. The van der Waals surface area contributed by atoms with Crippen LogP contribution in [0.5, 0.6) is 17.2 Å². The maximum Gasteiger partial charge on any atom is 0.383 e. The second-order valence-corrected chi connectivity index (χ2v) is 20.0. The van der Waals surface area contributed by atoms with Crippen LogP contribution in [0.3, 0.4) is 0 Å². The Bertz CT molecular complexity index is 2630. The lowest BCUT2D eigenvalue weighted by Crippen LogP contribution is -2.47. The predicted molar refractivity (Wildman–Crippen MR) is 261 cm³/mol. The number of hydrogen-bond donors (Lipinski definition) is 6. The number of aromatic hydroxyl groups is 2. The molecule has 18 heteroatoms. The third kappa shape index (κ3) is 10.7. The maximum absolute atomic E-state index is 15.0. The van der Waals surface area contributed by atoms with Gasteiger partial charge in [0, 0.05) is 92.9 Å². The SMILES string of the molecule is C#C[C@@]12O/C=C/[C@H](OC)[C@@H](C)[C@@H](OC(=O)CC(=O)NCCN(C)C)[C@H](C)[C@H](O)[C@H](C)[C@@H](O)[C@@H](C)/C=C/C=C(/C)C(=O)N=c3c(O)c4c(O)c(C)c(c(c4c4c3=NC3(CCN(CC(C)C)CC3)N4)C1=O)O2. The van der Waals surface area contributed by atoms with Gasteiger partial charge < -0.3 is 59.8 Å². The average molecular weight is 971 g/mol. The number of piperidine rings is 1. The van der Waals surface area contributed by atoms with E-state index < -0.39 is 101 Å². The fourth-order valence-corrected chi connectivity index (χ4v) is 9.83. The Morgan fingerprint density at radius 2 is 1.70 bits per heavy atom. The lowest BCUT2D eigenvalue weighted by atomic mass is 9.78. The average Bonchev–Trinajstić information content (AvgIpc) is 3.83. The minimum atomic E-state index is -2.44. The number of likely N-dealkylation sites (tertiary alicyclic amines) is 1. The molecule has 0 aromatic heterocycles. The monoisotopic (exact) mass is 971 g/mol. The van der Waals surface area contributed by atoms with Crippen molar-refractivity contribution in [1.29, 1.82) is 0 Å². The molecule has 4 heterocycles. The number of benzene rings is 2. The number of Topliss-reactive ketones (excluding diaryl/α,β-unsaturated/α-hetero) is 1. The van der Waals surface area contributed by atoms with Crippen LogP contribution in [0.25, 0.3) is 10.8 Å². The van der Waals surface area contributed by atoms with E-state index in [1.165, 1.54) is 33.1 Å². The Labute approximate surface area is 409 Å². The number of amides is 2. The zero-order valence-electron chi connectivity index (χ0n) is 42.2. The molecule has 2 amide bonds. The van der Waals surface area contributed by atoms with E-state index in [1.54, 1.807) is 39.8 Å². The number of fused-ring (bicyclic) bond motifs is 1. The van der Waals surface area contributed by atoms with Gasteiger partial charge in [-0.15, -0.1) is 6.42 Å². The molecular formula is C52H70N6O12. The first-order valence-corrected chi connectivity index (χ1v) is 24.0. The largest absolute Gasteiger partial charge is 0.507 e. The number of esters is 1. The number of terminal acetylenes is 1. The first-order chi connectivity index (χ1) is 33.0. The number of phenolic OH excluding ortho intramolecular Hbond substituents is 2. The van der Waals surface area contributed by atoms with E-state index in [1.807, 2.05) is 19.0 Å². The van der Waals surface area contributed by atoms with E-state index >= 15 is 0 Å². The number of rotatable bonds is 9. The van der Waals surface area contributed by atoms with Gasteiger partial charge in [0.25, 0.3) is 11.7 Å². The summed E-state index contributed by atoms with van der Waals surface area (Å²) in [7, 11) is 5.10. The second kappa shape index (κ2) is 21.7. The van der Waals surface area contributed by atoms with E-state index in [4.69, 9.17) is 30.4 Å². The van der Waals surface area contributed by atoms with E-state index in [0.29, 0.717) is 44.9 Å². The highest BCUT2D eigenvalue weighted by Gasteiger charge is 2.53. The van der Waals surface area contributed by atoms with Gasteiger partial charge >= 0.3 is 11.8 Å². The van der Waals surface area contributed by atoms with Crippen molar-refractivity contribution in [2.45, 2.75) is 111 Å². The third-order valence-electron chi connectivity index (χ3n) is 14.0. The molecule has 0 unspecified atom stereocenters. The van der Waals surface area contributed by atoms with E-state index in [9.17, 15) is 39.6 Å². The van der Waals surface area contributed by atoms with Crippen molar-refractivity contribution in [3.8, 4) is 29.6 Å². The highest BCUT2D eigenvalue weighted by Crippen LogP contribution is 2.51. The minimum absolute atomic E-state index is 0.0453. The normalized spacial score (nSPS) is 29.8. The minimum Gasteiger partial charge on any atom is -0.507 e. The number of anilines is 1. The summed E-state index contributed by atoms with van der Waals surface area (Å²) < 4.78 is 24.2. The lowest BCUT2D eigenvalue weighted by molar-refractivity contribution is -0.164. The van der Waals surface area contributed by atoms with Gasteiger partial charge in [-0.2, -0.15) is 0 Å². The van der Waals surface area contributed by atoms with Crippen LogP contribution in [0.1, 0.15) is 83.7 Å². The van der Waals surface area contributed by atoms with E-state index in [0.717, 1.165) is 12.8 Å². The molecule has 4 bridgehead atoms. The summed E-state index contributed by atoms with van der Waals surface area (Å²) in [6.45, 7) is 17.2. The molecule has 4 aliphatic rings. The molecule has 1 fully saturated rings. The number of likely N-dealkylation sites (N-methyl/N-ethyl adjacent to an activating group) is 1. The fraction of sp³-hybridized carbons (Fsp3) is 0.577. The van der Waals surface area contributed by atoms with Gasteiger partial charge in [0.2, 0.25) is 5.91 Å². The molecule has 70 heavy (non-hydrogen) atoms. The molecule has 0 radical (unpaired) electrons. The number of allylic oxidation sites excluding steroid dienone is 2. The van der Waals surface area contributed by atoms with Crippen molar-refractivity contribution in [2.75, 3.05) is 59.2 Å². The summed E-state index contributed by atoms with van der Waals surface area (Å²) in [5.41, 5.74) is -0.576. The zero-order valence-corrected chi connectivity index (χ0v) is 42.2. The highest BCUT2D eigenvalue weighted by atomic mass is 16.7. The number of carbonyl (C=O) groups excluding carboxylic acids is 4.